The minimum atomic E-state index is -1.14. The van der Waals surface area contributed by atoms with Gasteiger partial charge >= 0.3 is 11.9 Å². The molecule has 0 aliphatic carbocycles. The molecule has 0 spiro atoms. The SMILES string of the molecule is CC(C)(C)OC(=O)[C@H](CC(=O)O)N1CC(Br)CC1=O. The number of amides is 1. The number of esters is 1. The van der Waals surface area contributed by atoms with Crippen LogP contribution in [-0.4, -0.2) is 50.9 Å². The molecule has 0 saturated carbocycles. The van der Waals surface area contributed by atoms with Crippen molar-refractivity contribution in [1.82, 2.24) is 4.90 Å². The Morgan fingerprint density at radius 2 is 2.11 bits per heavy atom. The second kappa shape index (κ2) is 5.90. The molecule has 0 radical (unpaired) electrons. The van der Waals surface area contributed by atoms with Gasteiger partial charge in [0.25, 0.3) is 0 Å². The quantitative estimate of drug-likeness (QED) is 0.615. The molecule has 1 fully saturated rings. The average molecular weight is 336 g/mol. The first-order chi connectivity index (χ1) is 8.60. The smallest absolute Gasteiger partial charge is 0.329 e. The number of carbonyl (C=O) groups excluding carboxylic acids is 2. The van der Waals surface area contributed by atoms with Crippen LogP contribution in [0.15, 0.2) is 0 Å². The summed E-state index contributed by atoms with van der Waals surface area (Å²) in [6.07, 6.45) is -0.181. The number of carboxylic acids is 1. The molecule has 1 amide bonds. The summed E-state index contributed by atoms with van der Waals surface area (Å²) in [7, 11) is 0. The van der Waals surface area contributed by atoms with Crippen molar-refractivity contribution in [3.8, 4) is 0 Å². The summed E-state index contributed by atoms with van der Waals surface area (Å²) in [6.45, 7) is 5.40. The van der Waals surface area contributed by atoms with Crippen LogP contribution in [0.25, 0.3) is 0 Å². The Labute approximate surface area is 120 Å². The lowest BCUT2D eigenvalue weighted by molar-refractivity contribution is -0.166. The fourth-order valence-corrected chi connectivity index (χ4v) is 2.43. The van der Waals surface area contributed by atoms with Crippen molar-refractivity contribution in [1.29, 1.82) is 0 Å². The molecule has 0 aromatic heterocycles. The standard InChI is InChI=1S/C12H18BrNO5/c1-12(2,3)19-11(18)8(5-10(16)17)14-6-7(13)4-9(14)15/h7-8H,4-6H2,1-3H3,(H,16,17)/t7?,8-/m0/s1. The van der Waals surface area contributed by atoms with Gasteiger partial charge in [-0.2, -0.15) is 0 Å². The number of ether oxygens (including phenoxy) is 1. The summed E-state index contributed by atoms with van der Waals surface area (Å²) in [5.41, 5.74) is -0.718. The number of carbonyl (C=O) groups is 3. The van der Waals surface area contributed by atoms with Crippen molar-refractivity contribution in [2.45, 2.75) is 50.1 Å². The van der Waals surface area contributed by atoms with Gasteiger partial charge in [0.2, 0.25) is 5.91 Å². The first kappa shape index (κ1) is 15.9. The van der Waals surface area contributed by atoms with Gasteiger partial charge in [0.15, 0.2) is 0 Å². The van der Waals surface area contributed by atoms with Gasteiger partial charge in [-0.1, -0.05) is 15.9 Å². The molecule has 0 bridgehead atoms. The zero-order chi connectivity index (χ0) is 14.8. The molecule has 1 aliphatic rings. The zero-order valence-corrected chi connectivity index (χ0v) is 12.8. The minimum absolute atomic E-state index is 0.0567. The third kappa shape index (κ3) is 4.81. The number of nitrogens with zero attached hydrogens (tertiary/aromatic N) is 1. The number of hydrogen-bond acceptors (Lipinski definition) is 4. The molecular weight excluding hydrogens is 318 g/mol. The van der Waals surface area contributed by atoms with Crippen LogP contribution in [-0.2, 0) is 19.1 Å². The molecule has 1 N–H and O–H groups in total. The minimum Gasteiger partial charge on any atom is -0.481 e. The summed E-state index contributed by atoms with van der Waals surface area (Å²) >= 11 is 3.30. The lowest BCUT2D eigenvalue weighted by Gasteiger charge is -2.28. The van der Waals surface area contributed by atoms with Crippen LogP contribution >= 0.6 is 15.9 Å². The van der Waals surface area contributed by atoms with E-state index < -0.39 is 30.0 Å². The topological polar surface area (TPSA) is 83.9 Å². The van der Waals surface area contributed by atoms with Crippen molar-refractivity contribution in [3.63, 3.8) is 0 Å². The van der Waals surface area contributed by atoms with E-state index >= 15 is 0 Å². The van der Waals surface area contributed by atoms with Crippen LogP contribution in [0.5, 0.6) is 0 Å². The Balaban J connectivity index is 2.86. The van der Waals surface area contributed by atoms with E-state index in [-0.39, 0.29) is 17.2 Å². The number of rotatable bonds is 4. The van der Waals surface area contributed by atoms with E-state index in [4.69, 9.17) is 9.84 Å². The van der Waals surface area contributed by atoms with E-state index in [0.29, 0.717) is 6.54 Å². The maximum atomic E-state index is 12.0. The van der Waals surface area contributed by atoms with Crippen LogP contribution in [0.3, 0.4) is 0 Å². The van der Waals surface area contributed by atoms with Crippen LogP contribution in [0.1, 0.15) is 33.6 Å². The second-order valence-electron chi connectivity index (χ2n) is 5.49. The third-order valence-corrected chi connectivity index (χ3v) is 3.15. The van der Waals surface area contributed by atoms with E-state index in [9.17, 15) is 14.4 Å². The van der Waals surface area contributed by atoms with Gasteiger partial charge in [-0.15, -0.1) is 0 Å². The molecule has 6 nitrogen and oxygen atoms in total. The Bertz CT molecular complexity index is 390. The molecule has 19 heavy (non-hydrogen) atoms. The van der Waals surface area contributed by atoms with Crippen LogP contribution in [0, 0.1) is 0 Å². The number of aliphatic carboxylic acids is 1. The van der Waals surface area contributed by atoms with Gasteiger partial charge in [-0.25, -0.2) is 4.79 Å². The third-order valence-electron chi connectivity index (χ3n) is 2.53. The van der Waals surface area contributed by atoms with E-state index in [2.05, 4.69) is 15.9 Å². The summed E-state index contributed by atoms with van der Waals surface area (Å²) in [4.78, 5) is 35.9. The molecular formula is C12H18BrNO5. The summed E-state index contributed by atoms with van der Waals surface area (Å²) < 4.78 is 5.19. The Morgan fingerprint density at radius 3 is 2.47 bits per heavy atom. The summed E-state index contributed by atoms with van der Waals surface area (Å²) in [5, 5.41) is 8.89. The summed E-state index contributed by atoms with van der Waals surface area (Å²) in [5.74, 6) is -2.05. The van der Waals surface area contributed by atoms with Gasteiger partial charge in [0.1, 0.15) is 11.6 Å². The zero-order valence-electron chi connectivity index (χ0n) is 11.2. The molecule has 1 unspecified atom stereocenters. The molecule has 2 atom stereocenters. The van der Waals surface area contributed by atoms with Gasteiger partial charge in [-0.05, 0) is 20.8 Å². The van der Waals surface area contributed by atoms with Crippen LogP contribution < -0.4 is 0 Å². The number of hydrogen-bond donors (Lipinski definition) is 1. The molecule has 0 aromatic rings. The van der Waals surface area contributed by atoms with Crippen molar-refractivity contribution < 1.29 is 24.2 Å². The highest BCUT2D eigenvalue weighted by atomic mass is 79.9. The Hall–Kier alpha value is -1.11. The normalized spacial score (nSPS) is 21.4. The highest BCUT2D eigenvalue weighted by Gasteiger charge is 2.39. The number of likely N-dealkylation sites (tertiary alicyclic amines) is 1. The number of halogens is 1. The first-order valence-electron chi connectivity index (χ1n) is 5.98. The van der Waals surface area contributed by atoms with Gasteiger partial charge in [-0.3, -0.25) is 9.59 Å². The molecule has 1 aliphatic heterocycles. The molecule has 0 aromatic carbocycles. The van der Waals surface area contributed by atoms with Crippen molar-refractivity contribution in [3.05, 3.63) is 0 Å². The maximum absolute atomic E-state index is 12.0. The predicted octanol–water partition coefficient (Wildman–Crippen LogP) is 1.17. The highest BCUT2D eigenvalue weighted by molar-refractivity contribution is 9.09. The van der Waals surface area contributed by atoms with Crippen LogP contribution in [0.2, 0.25) is 0 Å². The number of alkyl halides is 1. The largest absolute Gasteiger partial charge is 0.481 e. The van der Waals surface area contributed by atoms with E-state index in [1.807, 2.05) is 0 Å². The van der Waals surface area contributed by atoms with Gasteiger partial charge in [0.05, 0.1) is 6.42 Å². The Kier molecular flexibility index (Phi) is 4.95. The van der Waals surface area contributed by atoms with E-state index in [1.54, 1.807) is 20.8 Å². The molecule has 1 heterocycles. The monoisotopic (exact) mass is 335 g/mol. The molecule has 108 valence electrons. The molecule has 1 rings (SSSR count). The van der Waals surface area contributed by atoms with Crippen molar-refractivity contribution >= 4 is 33.8 Å². The lowest BCUT2D eigenvalue weighted by atomic mass is 10.1. The van der Waals surface area contributed by atoms with E-state index in [1.165, 1.54) is 4.90 Å². The van der Waals surface area contributed by atoms with Crippen LogP contribution in [0.4, 0.5) is 0 Å². The van der Waals surface area contributed by atoms with E-state index in [0.717, 1.165) is 0 Å². The second-order valence-corrected chi connectivity index (χ2v) is 6.79. The fraction of sp³-hybridized carbons (Fsp3) is 0.750. The average Bonchev–Trinajstić information content (AvgIpc) is 2.51. The lowest BCUT2D eigenvalue weighted by Crippen LogP contribution is -2.46. The Morgan fingerprint density at radius 1 is 1.53 bits per heavy atom. The number of carboxylic acid groups (broad SMARTS) is 1. The van der Waals surface area contributed by atoms with Crippen molar-refractivity contribution in [2.75, 3.05) is 6.54 Å². The highest BCUT2D eigenvalue weighted by Crippen LogP contribution is 2.23. The fourth-order valence-electron chi connectivity index (χ4n) is 1.84. The summed E-state index contributed by atoms with van der Waals surface area (Å²) in [6, 6.07) is -1.06. The van der Waals surface area contributed by atoms with Gasteiger partial charge < -0.3 is 14.7 Å². The predicted molar refractivity (Wildman–Crippen MR) is 70.9 cm³/mol. The maximum Gasteiger partial charge on any atom is 0.329 e. The molecule has 7 heteroatoms. The van der Waals surface area contributed by atoms with Crippen molar-refractivity contribution in [2.24, 2.45) is 0 Å². The first-order valence-corrected chi connectivity index (χ1v) is 6.90. The molecule has 1 saturated heterocycles. The van der Waals surface area contributed by atoms with Gasteiger partial charge in [0, 0.05) is 17.8 Å².